The minimum atomic E-state index is 0.122. The van der Waals surface area contributed by atoms with Crippen molar-refractivity contribution in [3.05, 3.63) is 63.1 Å². The minimum Gasteiger partial charge on any atom is -0.305 e. The zero-order chi connectivity index (χ0) is 15.9. The molecule has 1 aromatic heterocycles. The molecule has 0 fully saturated rings. The third-order valence-corrected chi connectivity index (χ3v) is 3.40. The maximum Gasteiger partial charge on any atom is 0.196 e. The number of hydrogen-bond acceptors (Lipinski definition) is 5. The van der Waals surface area contributed by atoms with E-state index in [1.54, 1.807) is 12.1 Å². The Morgan fingerprint density at radius 2 is 2.14 bits per heavy atom. The molecule has 112 valence electrons. The molecule has 0 atom stereocenters. The van der Waals surface area contributed by atoms with Crippen LogP contribution in [0.5, 0.6) is 0 Å². The lowest BCUT2D eigenvalue weighted by molar-refractivity contribution is 1.01. The van der Waals surface area contributed by atoms with Gasteiger partial charge in [0.2, 0.25) is 0 Å². The van der Waals surface area contributed by atoms with Crippen LogP contribution in [0.25, 0.3) is 0 Å². The average Bonchev–Trinajstić information content (AvgIpc) is 2.55. The van der Waals surface area contributed by atoms with Crippen LogP contribution in [0.4, 0.5) is 5.82 Å². The van der Waals surface area contributed by atoms with Gasteiger partial charge in [-0.2, -0.15) is 0 Å². The summed E-state index contributed by atoms with van der Waals surface area (Å²) in [4.78, 5) is 18.6. The lowest BCUT2D eigenvalue weighted by atomic mass is 10.1. The van der Waals surface area contributed by atoms with Crippen LogP contribution in [0.2, 0.25) is 5.02 Å². The van der Waals surface area contributed by atoms with Crippen molar-refractivity contribution < 1.29 is 0 Å². The van der Waals surface area contributed by atoms with Crippen molar-refractivity contribution in [2.24, 2.45) is 26.3 Å². The van der Waals surface area contributed by atoms with Gasteiger partial charge in [0.05, 0.1) is 11.6 Å². The van der Waals surface area contributed by atoms with Crippen LogP contribution in [0.15, 0.2) is 57.0 Å². The average molecular weight is 317 g/mol. The van der Waals surface area contributed by atoms with Crippen molar-refractivity contribution in [3.63, 3.8) is 0 Å². The summed E-state index contributed by atoms with van der Waals surface area (Å²) in [5.74, 6) is 5.59. The van der Waals surface area contributed by atoms with E-state index >= 15 is 0 Å². The molecule has 0 aliphatic rings. The van der Waals surface area contributed by atoms with Gasteiger partial charge in [-0.25, -0.2) is 4.98 Å². The molecule has 8 heteroatoms. The lowest BCUT2D eigenvalue weighted by Gasteiger charge is -2.05. The minimum absolute atomic E-state index is 0.122. The van der Waals surface area contributed by atoms with Crippen LogP contribution >= 0.6 is 11.6 Å². The summed E-state index contributed by atoms with van der Waals surface area (Å²) in [5, 5.41) is 10.4. The Kier molecular flexibility index (Phi) is 5.26. The maximum absolute atomic E-state index is 10.3. The second-order valence-electron chi connectivity index (χ2n) is 4.41. The van der Waals surface area contributed by atoms with E-state index in [1.807, 2.05) is 19.1 Å². The summed E-state index contributed by atoms with van der Waals surface area (Å²) in [6.07, 6.45) is 1.52. The Morgan fingerprint density at radius 3 is 2.77 bits per heavy atom. The summed E-state index contributed by atoms with van der Waals surface area (Å²) in [5.41, 5.74) is 2.35. The lowest BCUT2D eigenvalue weighted by Crippen LogP contribution is -2.01. The summed E-state index contributed by atoms with van der Waals surface area (Å²) < 4.78 is 0. The van der Waals surface area contributed by atoms with Crippen molar-refractivity contribution in [2.45, 2.75) is 13.5 Å². The van der Waals surface area contributed by atoms with Gasteiger partial charge in [0.1, 0.15) is 0 Å². The third kappa shape index (κ3) is 3.70. The fourth-order valence-corrected chi connectivity index (χ4v) is 1.99. The van der Waals surface area contributed by atoms with Gasteiger partial charge in [-0.3, -0.25) is 4.99 Å². The molecule has 22 heavy (non-hydrogen) atoms. The number of aryl methyl sites for hydroxylation is 1. The first-order valence-corrected chi connectivity index (χ1v) is 6.72. The molecule has 0 amide bonds. The summed E-state index contributed by atoms with van der Waals surface area (Å²) in [6.45, 7) is 2.18. The second-order valence-corrected chi connectivity index (χ2v) is 4.79. The molecule has 1 heterocycles. The number of amidine groups is 1. The molecule has 2 aromatic rings. The molecule has 0 bridgehead atoms. The highest BCUT2D eigenvalue weighted by Gasteiger charge is 2.09. The van der Waals surface area contributed by atoms with Gasteiger partial charge in [-0.1, -0.05) is 35.0 Å². The first-order chi connectivity index (χ1) is 10.7. The fourth-order valence-electron chi connectivity index (χ4n) is 1.78. The zero-order valence-electron chi connectivity index (χ0n) is 11.8. The van der Waals surface area contributed by atoms with E-state index in [1.165, 1.54) is 12.3 Å². The van der Waals surface area contributed by atoms with Crippen molar-refractivity contribution in [1.82, 2.24) is 4.98 Å². The van der Waals surface area contributed by atoms with E-state index in [4.69, 9.17) is 17.4 Å². The molecular weight excluding hydrogens is 304 g/mol. The molecular formula is C14H13ClN6O. The molecule has 7 nitrogen and oxygen atoms in total. The van der Waals surface area contributed by atoms with Gasteiger partial charge in [0.15, 0.2) is 11.7 Å². The monoisotopic (exact) mass is 316 g/mol. The SMILES string of the molecule is Cc1cccc(C(N=NN)=NCc2ccc(N=O)nc2)c1Cl. The predicted molar refractivity (Wildman–Crippen MR) is 85.2 cm³/mol. The van der Waals surface area contributed by atoms with Crippen LogP contribution in [-0.2, 0) is 6.54 Å². The van der Waals surface area contributed by atoms with Crippen LogP contribution in [0, 0.1) is 11.8 Å². The molecule has 0 saturated heterocycles. The number of nitrogens with zero attached hydrogens (tertiary/aromatic N) is 5. The number of nitrogens with two attached hydrogens (primary N) is 1. The smallest absolute Gasteiger partial charge is 0.196 e. The second kappa shape index (κ2) is 7.37. The predicted octanol–water partition coefficient (Wildman–Crippen LogP) is 3.71. The van der Waals surface area contributed by atoms with E-state index < -0.39 is 0 Å². The first-order valence-electron chi connectivity index (χ1n) is 6.35. The summed E-state index contributed by atoms with van der Waals surface area (Å²) in [7, 11) is 0. The molecule has 0 aliphatic carbocycles. The maximum atomic E-state index is 10.3. The van der Waals surface area contributed by atoms with Gasteiger partial charge in [0, 0.05) is 11.8 Å². The van der Waals surface area contributed by atoms with E-state index in [0.717, 1.165) is 11.1 Å². The van der Waals surface area contributed by atoms with Crippen molar-refractivity contribution in [1.29, 1.82) is 0 Å². The summed E-state index contributed by atoms with van der Waals surface area (Å²) >= 11 is 6.26. The fraction of sp³-hybridized carbons (Fsp3) is 0.143. The molecule has 0 spiro atoms. The Bertz CT molecular complexity index is 727. The Morgan fingerprint density at radius 1 is 1.32 bits per heavy atom. The summed E-state index contributed by atoms with van der Waals surface area (Å²) in [6, 6.07) is 8.76. The van der Waals surface area contributed by atoms with Crippen LogP contribution < -0.4 is 5.84 Å². The van der Waals surface area contributed by atoms with Gasteiger partial charge in [-0.15, -0.1) is 10.0 Å². The van der Waals surface area contributed by atoms with Crippen molar-refractivity contribution in [2.75, 3.05) is 0 Å². The molecule has 0 aliphatic heterocycles. The third-order valence-electron chi connectivity index (χ3n) is 2.90. The van der Waals surface area contributed by atoms with Gasteiger partial charge in [0.25, 0.3) is 0 Å². The number of halogens is 1. The largest absolute Gasteiger partial charge is 0.305 e. The topological polar surface area (TPSA) is 105 Å². The highest BCUT2D eigenvalue weighted by Crippen LogP contribution is 2.22. The van der Waals surface area contributed by atoms with Gasteiger partial charge in [-0.05, 0) is 35.4 Å². The van der Waals surface area contributed by atoms with Gasteiger partial charge >= 0.3 is 0 Å². The Balaban J connectivity index is 2.30. The van der Waals surface area contributed by atoms with Crippen LogP contribution in [0.1, 0.15) is 16.7 Å². The number of nitroso groups, excluding NO2 is 1. The number of aromatic nitrogens is 1. The molecule has 2 N–H and O–H groups in total. The zero-order valence-corrected chi connectivity index (χ0v) is 12.5. The highest BCUT2D eigenvalue weighted by molar-refractivity contribution is 6.34. The standard InChI is InChI=1S/C14H13ClN6O/c1-9-3-2-4-11(13(9)15)14(19-21-16)18-8-10-5-6-12(20-22)17-7-10/h2-7H,8H2,1H3,(H2,16,18,19). The Labute approximate surface area is 131 Å². The number of hydrogen-bond donors (Lipinski definition) is 1. The molecule has 2 rings (SSSR count). The van der Waals surface area contributed by atoms with E-state index in [0.29, 0.717) is 23.0 Å². The van der Waals surface area contributed by atoms with Crippen molar-refractivity contribution >= 4 is 23.3 Å². The normalized spacial score (nSPS) is 11.8. The quantitative estimate of drug-likeness (QED) is 0.232. The number of rotatable bonds is 4. The van der Waals surface area contributed by atoms with E-state index in [2.05, 4.69) is 25.5 Å². The highest BCUT2D eigenvalue weighted by atomic mass is 35.5. The van der Waals surface area contributed by atoms with Crippen LogP contribution in [-0.4, -0.2) is 10.8 Å². The van der Waals surface area contributed by atoms with E-state index in [-0.39, 0.29) is 5.82 Å². The first kappa shape index (κ1) is 15.7. The molecule has 0 saturated carbocycles. The Hall–Kier alpha value is -2.67. The number of aliphatic imine (C=N–C) groups is 1. The van der Waals surface area contributed by atoms with E-state index in [9.17, 15) is 4.91 Å². The number of pyridine rings is 1. The molecule has 0 unspecified atom stereocenters. The molecule has 0 radical (unpaired) electrons. The van der Waals surface area contributed by atoms with Crippen LogP contribution in [0.3, 0.4) is 0 Å². The number of benzene rings is 1. The van der Waals surface area contributed by atoms with Crippen molar-refractivity contribution in [3.8, 4) is 0 Å². The molecule has 1 aromatic carbocycles. The van der Waals surface area contributed by atoms with Gasteiger partial charge < -0.3 is 5.84 Å².